The molecule has 31 heavy (non-hydrogen) atoms. The summed E-state index contributed by atoms with van der Waals surface area (Å²) in [6, 6.07) is 20.7. The van der Waals surface area contributed by atoms with Crippen LogP contribution in [0.25, 0.3) is 0 Å². The Morgan fingerprint density at radius 2 is 1.42 bits per heavy atom. The average Bonchev–Trinajstić information content (AvgIpc) is 2.80. The zero-order valence-electron chi connectivity index (χ0n) is 17.1. The van der Waals surface area contributed by atoms with E-state index in [-0.39, 0.29) is 29.1 Å². The summed E-state index contributed by atoms with van der Waals surface area (Å²) < 4.78 is 15.2. The smallest absolute Gasteiger partial charge is 0.339 e. The number of carbonyl (C=O) groups excluding carboxylic acids is 3. The molecule has 3 aromatic rings. The number of benzene rings is 3. The van der Waals surface area contributed by atoms with Gasteiger partial charge in [-0.15, -0.1) is 0 Å². The minimum Gasteiger partial charge on any atom is -0.465 e. The van der Waals surface area contributed by atoms with Crippen LogP contribution >= 0.6 is 0 Å². The van der Waals surface area contributed by atoms with Crippen molar-refractivity contribution < 1.29 is 28.6 Å². The summed E-state index contributed by atoms with van der Waals surface area (Å²) in [5.41, 5.74) is 1.26. The number of nitrogens with one attached hydrogen (secondary N) is 1. The van der Waals surface area contributed by atoms with Crippen molar-refractivity contribution in [2.75, 3.05) is 19.5 Å². The first-order valence-corrected chi connectivity index (χ1v) is 9.42. The predicted molar refractivity (Wildman–Crippen MR) is 114 cm³/mol. The maximum Gasteiger partial charge on any atom is 0.339 e. The van der Waals surface area contributed by atoms with Crippen LogP contribution in [0.4, 0.5) is 5.69 Å². The van der Waals surface area contributed by atoms with E-state index < -0.39 is 11.9 Å². The Bertz CT molecular complexity index is 1080. The zero-order valence-corrected chi connectivity index (χ0v) is 17.1. The van der Waals surface area contributed by atoms with E-state index >= 15 is 0 Å². The Hall–Kier alpha value is -4.13. The van der Waals surface area contributed by atoms with Crippen molar-refractivity contribution in [3.8, 4) is 11.5 Å². The molecule has 7 nitrogen and oxygen atoms in total. The Morgan fingerprint density at radius 1 is 0.774 bits per heavy atom. The second-order valence-corrected chi connectivity index (χ2v) is 6.53. The third-order valence-corrected chi connectivity index (χ3v) is 4.39. The Morgan fingerprint density at radius 3 is 2.06 bits per heavy atom. The number of anilines is 1. The van der Waals surface area contributed by atoms with Crippen LogP contribution in [-0.2, 0) is 20.7 Å². The van der Waals surface area contributed by atoms with Crippen LogP contribution < -0.4 is 10.1 Å². The van der Waals surface area contributed by atoms with E-state index in [1.165, 1.54) is 32.4 Å². The SMILES string of the molecule is COC(=O)c1ccc(C(=O)OC)c(NC(=O)Cc2ccc(Oc3ccccc3)cc2)c1. The van der Waals surface area contributed by atoms with E-state index in [4.69, 9.17) is 14.2 Å². The molecule has 0 saturated carbocycles. The third-order valence-electron chi connectivity index (χ3n) is 4.39. The number of hydrogen-bond donors (Lipinski definition) is 1. The first kappa shape index (κ1) is 21.6. The van der Waals surface area contributed by atoms with E-state index in [0.717, 1.165) is 5.56 Å². The first-order valence-electron chi connectivity index (χ1n) is 9.42. The zero-order chi connectivity index (χ0) is 22.2. The highest BCUT2D eigenvalue weighted by atomic mass is 16.5. The maximum absolute atomic E-state index is 12.6. The second-order valence-electron chi connectivity index (χ2n) is 6.53. The molecule has 0 atom stereocenters. The summed E-state index contributed by atoms with van der Waals surface area (Å²) in [7, 11) is 2.49. The molecule has 0 bridgehead atoms. The number of rotatable bonds is 7. The summed E-state index contributed by atoms with van der Waals surface area (Å²) in [5.74, 6) is -0.207. The molecule has 0 spiro atoms. The number of esters is 2. The first-order chi connectivity index (χ1) is 15.0. The highest BCUT2D eigenvalue weighted by Gasteiger charge is 2.17. The van der Waals surface area contributed by atoms with Gasteiger partial charge in [0.1, 0.15) is 11.5 Å². The Balaban J connectivity index is 1.71. The van der Waals surface area contributed by atoms with Crippen LogP contribution in [0.2, 0.25) is 0 Å². The van der Waals surface area contributed by atoms with E-state index in [1.807, 2.05) is 30.3 Å². The lowest BCUT2D eigenvalue weighted by molar-refractivity contribution is -0.115. The van der Waals surface area contributed by atoms with Crippen molar-refractivity contribution in [3.05, 3.63) is 89.5 Å². The van der Waals surface area contributed by atoms with Crippen molar-refractivity contribution in [2.45, 2.75) is 6.42 Å². The maximum atomic E-state index is 12.6. The molecule has 7 heteroatoms. The molecule has 0 fully saturated rings. The summed E-state index contributed by atoms with van der Waals surface area (Å²) in [6.45, 7) is 0. The summed E-state index contributed by atoms with van der Waals surface area (Å²) in [5, 5.41) is 2.67. The standard InChI is InChI=1S/C24H21NO6/c1-29-23(27)17-10-13-20(24(28)30-2)21(15-17)25-22(26)14-16-8-11-19(12-9-16)31-18-6-4-3-5-7-18/h3-13,15H,14H2,1-2H3,(H,25,26). The van der Waals surface area contributed by atoms with Gasteiger partial charge in [-0.3, -0.25) is 4.79 Å². The summed E-state index contributed by atoms with van der Waals surface area (Å²) >= 11 is 0. The topological polar surface area (TPSA) is 90.9 Å². The number of hydrogen-bond acceptors (Lipinski definition) is 6. The monoisotopic (exact) mass is 419 g/mol. The van der Waals surface area contributed by atoms with Crippen molar-refractivity contribution in [3.63, 3.8) is 0 Å². The number of carbonyl (C=O) groups is 3. The van der Waals surface area contributed by atoms with Gasteiger partial charge >= 0.3 is 11.9 Å². The van der Waals surface area contributed by atoms with Crippen LogP contribution in [0.5, 0.6) is 11.5 Å². The summed E-state index contributed by atoms with van der Waals surface area (Å²) in [4.78, 5) is 36.4. The summed E-state index contributed by atoms with van der Waals surface area (Å²) in [6.07, 6.45) is 0.0642. The van der Waals surface area contributed by atoms with Crippen LogP contribution in [0, 0.1) is 0 Å². The van der Waals surface area contributed by atoms with Gasteiger partial charge in [-0.2, -0.15) is 0 Å². The van der Waals surface area contributed by atoms with Crippen LogP contribution in [0.1, 0.15) is 26.3 Å². The molecular formula is C24H21NO6. The molecule has 0 saturated heterocycles. The molecular weight excluding hydrogens is 398 g/mol. The number of ether oxygens (including phenoxy) is 3. The average molecular weight is 419 g/mol. The molecule has 0 radical (unpaired) electrons. The van der Waals surface area contributed by atoms with Crippen LogP contribution in [0.3, 0.4) is 0 Å². The molecule has 158 valence electrons. The van der Waals surface area contributed by atoms with Crippen molar-refractivity contribution >= 4 is 23.5 Å². The third kappa shape index (κ3) is 5.70. The van der Waals surface area contributed by atoms with E-state index in [2.05, 4.69) is 5.32 Å². The van der Waals surface area contributed by atoms with Gasteiger partial charge in [0, 0.05) is 0 Å². The fourth-order valence-corrected chi connectivity index (χ4v) is 2.86. The van der Waals surface area contributed by atoms with Crippen molar-refractivity contribution in [1.29, 1.82) is 0 Å². The normalized spacial score (nSPS) is 10.1. The lowest BCUT2D eigenvalue weighted by Crippen LogP contribution is -2.18. The molecule has 0 aliphatic rings. The van der Waals surface area contributed by atoms with Gasteiger partial charge in [0.25, 0.3) is 0 Å². The molecule has 3 rings (SSSR count). The van der Waals surface area contributed by atoms with E-state index in [0.29, 0.717) is 11.5 Å². The quantitative estimate of drug-likeness (QED) is 0.576. The van der Waals surface area contributed by atoms with Crippen molar-refractivity contribution in [1.82, 2.24) is 0 Å². The largest absolute Gasteiger partial charge is 0.465 e. The molecule has 1 N–H and O–H groups in total. The van der Waals surface area contributed by atoms with Crippen LogP contribution in [0.15, 0.2) is 72.8 Å². The van der Waals surface area contributed by atoms with Gasteiger partial charge in [-0.25, -0.2) is 9.59 Å². The highest BCUT2D eigenvalue weighted by Crippen LogP contribution is 2.22. The predicted octanol–water partition coefficient (Wildman–Crippen LogP) is 4.23. The van der Waals surface area contributed by atoms with Crippen LogP contribution in [-0.4, -0.2) is 32.1 Å². The fourth-order valence-electron chi connectivity index (χ4n) is 2.86. The van der Waals surface area contributed by atoms with Gasteiger partial charge in [0.2, 0.25) is 5.91 Å². The number of amides is 1. The molecule has 0 unspecified atom stereocenters. The molecule has 0 aliphatic carbocycles. The van der Waals surface area contributed by atoms with Crippen molar-refractivity contribution in [2.24, 2.45) is 0 Å². The molecule has 0 aromatic heterocycles. The minimum atomic E-state index is -0.630. The van der Waals surface area contributed by atoms with Gasteiger partial charge in [0.05, 0.1) is 37.5 Å². The van der Waals surface area contributed by atoms with Gasteiger partial charge < -0.3 is 19.5 Å². The number of methoxy groups -OCH3 is 2. The Kier molecular flexibility index (Phi) is 7.01. The van der Waals surface area contributed by atoms with Gasteiger partial charge in [-0.05, 0) is 48.0 Å². The van der Waals surface area contributed by atoms with Gasteiger partial charge in [-0.1, -0.05) is 30.3 Å². The van der Waals surface area contributed by atoms with E-state index in [1.54, 1.807) is 24.3 Å². The molecule has 0 aliphatic heterocycles. The lowest BCUT2D eigenvalue weighted by Gasteiger charge is -2.12. The van der Waals surface area contributed by atoms with Gasteiger partial charge in [0.15, 0.2) is 0 Å². The molecule has 3 aromatic carbocycles. The number of para-hydroxylation sites is 1. The minimum absolute atomic E-state index is 0.0642. The lowest BCUT2D eigenvalue weighted by atomic mass is 10.1. The highest BCUT2D eigenvalue weighted by molar-refractivity contribution is 6.03. The molecule has 0 heterocycles. The fraction of sp³-hybridized carbons (Fsp3) is 0.125. The second kappa shape index (κ2) is 10.1. The molecule has 1 amide bonds. The van der Waals surface area contributed by atoms with E-state index in [9.17, 15) is 14.4 Å². The Labute approximate surface area is 179 Å².